The normalized spacial score (nSPS) is 20.6. The number of pyridine rings is 1. The Labute approximate surface area is 245 Å². The van der Waals surface area contributed by atoms with Crippen LogP contribution < -0.4 is 15.2 Å². The van der Waals surface area contributed by atoms with E-state index in [-0.39, 0.29) is 48.1 Å². The second-order valence-electron chi connectivity index (χ2n) is 11.2. The molecule has 0 radical (unpaired) electrons. The number of Topliss-reactive ketones (excluding diaryl/α,β-unsaturated/α-hetero) is 1. The molecule has 3 atom stereocenters. The number of nitrogen functional groups attached to an aromatic ring is 1. The van der Waals surface area contributed by atoms with Gasteiger partial charge < -0.3 is 20.1 Å². The first-order chi connectivity index (χ1) is 21.0. The SMILES string of the molecule is CC(=O)c1c(C2C[C@H]3CC[C@@H](C2)N3C(=O)c2ncn[nH]2)nc2c(-c3ccc(-c4ccc5c(c4)OCO5)nc3)cnn2c1N. The van der Waals surface area contributed by atoms with Crippen LogP contribution in [0.3, 0.4) is 0 Å². The fourth-order valence-electron chi connectivity index (χ4n) is 6.84. The van der Waals surface area contributed by atoms with Crippen LogP contribution in [0.25, 0.3) is 28.0 Å². The number of H-pyrrole nitrogens is 1. The van der Waals surface area contributed by atoms with E-state index in [0.717, 1.165) is 41.0 Å². The molecular formula is C30H27N9O4. The smallest absolute Gasteiger partial charge is 0.291 e. The van der Waals surface area contributed by atoms with E-state index in [9.17, 15) is 9.59 Å². The molecule has 3 aliphatic heterocycles. The molecule has 0 aliphatic carbocycles. The number of nitrogens with two attached hydrogens (primary N) is 1. The van der Waals surface area contributed by atoms with Crippen LogP contribution in [0.2, 0.25) is 0 Å². The molecule has 4 aromatic heterocycles. The summed E-state index contributed by atoms with van der Waals surface area (Å²) < 4.78 is 12.5. The Kier molecular flexibility index (Phi) is 5.67. The largest absolute Gasteiger partial charge is 0.454 e. The average Bonchev–Trinajstić information content (AvgIpc) is 3.83. The van der Waals surface area contributed by atoms with Gasteiger partial charge in [-0.3, -0.25) is 19.7 Å². The highest BCUT2D eigenvalue weighted by Gasteiger charge is 2.45. The van der Waals surface area contributed by atoms with E-state index in [2.05, 4.69) is 20.3 Å². The predicted molar refractivity (Wildman–Crippen MR) is 154 cm³/mol. The number of nitrogens with one attached hydrogen (secondary N) is 1. The van der Waals surface area contributed by atoms with E-state index in [4.69, 9.17) is 25.2 Å². The van der Waals surface area contributed by atoms with Crippen molar-refractivity contribution >= 4 is 23.2 Å². The molecule has 0 spiro atoms. The molecule has 7 heterocycles. The summed E-state index contributed by atoms with van der Waals surface area (Å²) in [6, 6.07) is 9.66. The number of ether oxygens (including phenoxy) is 2. The summed E-state index contributed by atoms with van der Waals surface area (Å²) in [6.45, 7) is 1.72. The van der Waals surface area contributed by atoms with Crippen molar-refractivity contribution in [2.24, 2.45) is 0 Å². The first-order valence-electron chi connectivity index (χ1n) is 14.2. The maximum atomic E-state index is 13.2. The summed E-state index contributed by atoms with van der Waals surface area (Å²) in [5.41, 5.74) is 11.5. The van der Waals surface area contributed by atoms with Crippen LogP contribution >= 0.6 is 0 Å². The number of rotatable bonds is 5. The van der Waals surface area contributed by atoms with Gasteiger partial charge in [-0.05, 0) is 56.9 Å². The maximum Gasteiger partial charge on any atom is 0.291 e. The first-order valence-corrected chi connectivity index (χ1v) is 14.2. The zero-order valence-corrected chi connectivity index (χ0v) is 23.2. The zero-order chi connectivity index (χ0) is 29.2. The number of hydrogen-bond donors (Lipinski definition) is 2. The van der Waals surface area contributed by atoms with Gasteiger partial charge in [-0.2, -0.15) is 14.7 Å². The van der Waals surface area contributed by atoms with Crippen LogP contribution in [0.4, 0.5) is 5.82 Å². The second-order valence-corrected chi connectivity index (χ2v) is 11.2. The van der Waals surface area contributed by atoms with Crippen molar-refractivity contribution in [2.75, 3.05) is 12.5 Å². The molecule has 5 aromatic rings. The molecule has 3 aliphatic rings. The van der Waals surface area contributed by atoms with E-state index < -0.39 is 0 Å². The number of fused-ring (bicyclic) bond motifs is 4. The maximum absolute atomic E-state index is 13.2. The molecular weight excluding hydrogens is 550 g/mol. The Balaban J connectivity index is 1.14. The third-order valence-corrected chi connectivity index (χ3v) is 8.78. The molecule has 1 unspecified atom stereocenters. The Hall–Kier alpha value is -5.33. The number of carbonyl (C=O) groups excluding carboxylic acids is 2. The van der Waals surface area contributed by atoms with Gasteiger partial charge in [0.2, 0.25) is 12.6 Å². The molecule has 1 amide bonds. The molecule has 13 nitrogen and oxygen atoms in total. The van der Waals surface area contributed by atoms with Crippen LogP contribution in [-0.2, 0) is 0 Å². The second kappa shape index (κ2) is 9.61. The quantitative estimate of drug-likeness (QED) is 0.294. The number of piperidine rings is 1. The molecule has 1 aromatic carbocycles. The number of benzene rings is 1. The standard InChI is InChI=1S/C30H27N9O4/c1-15(40)25-26(18-8-19-4-5-20(9-18)38(19)30(41)28-33-13-34-37-28)36-29-21(12-35-39(29)27(25)31)17-2-6-22(32-11-17)16-3-7-23-24(10-16)43-14-42-23/h2-3,6-7,10-13,18-20H,4-5,8-9,14,31H2,1H3,(H,33,34,37)/t18?,19-,20+. The number of aromatic nitrogens is 7. The van der Waals surface area contributed by atoms with Gasteiger partial charge in [0.05, 0.1) is 23.1 Å². The molecule has 3 N–H and O–H groups in total. The molecule has 216 valence electrons. The lowest BCUT2D eigenvalue weighted by Gasteiger charge is -2.38. The fraction of sp³-hybridized carbons (Fsp3) is 0.300. The minimum absolute atomic E-state index is 0.0118. The summed E-state index contributed by atoms with van der Waals surface area (Å²) in [5.74, 6) is 1.56. The topological polar surface area (TPSA) is 167 Å². The third-order valence-electron chi connectivity index (χ3n) is 8.78. The third kappa shape index (κ3) is 4.02. The summed E-state index contributed by atoms with van der Waals surface area (Å²) in [5, 5.41) is 11.0. The summed E-state index contributed by atoms with van der Waals surface area (Å²) in [6.07, 6.45) is 7.93. The zero-order valence-electron chi connectivity index (χ0n) is 23.2. The number of aromatic amines is 1. The molecule has 2 bridgehead atoms. The minimum Gasteiger partial charge on any atom is -0.454 e. The molecule has 2 fully saturated rings. The van der Waals surface area contributed by atoms with Gasteiger partial charge in [-0.25, -0.2) is 9.97 Å². The molecule has 0 saturated carbocycles. The highest BCUT2D eigenvalue weighted by atomic mass is 16.7. The van der Waals surface area contributed by atoms with Gasteiger partial charge in [-0.1, -0.05) is 6.07 Å². The highest BCUT2D eigenvalue weighted by molar-refractivity contribution is 6.00. The summed E-state index contributed by atoms with van der Waals surface area (Å²) >= 11 is 0. The molecule has 13 heteroatoms. The van der Waals surface area contributed by atoms with E-state index in [0.29, 0.717) is 35.5 Å². The van der Waals surface area contributed by atoms with E-state index in [1.165, 1.54) is 17.8 Å². The van der Waals surface area contributed by atoms with Gasteiger partial charge in [0.1, 0.15) is 12.1 Å². The van der Waals surface area contributed by atoms with Crippen molar-refractivity contribution < 1.29 is 19.1 Å². The fourth-order valence-corrected chi connectivity index (χ4v) is 6.84. The predicted octanol–water partition coefficient (Wildman–Crippen LogP) is 3.64. The van der Waals surface area contributed by atoms with Crippen molar-refractivity contribution in [2.45, 2.75) is 50.6 Å². The number of amides is 1. The molecule has 2 saturated heterocycles. The first kappa shape index (κ1) is 25.4. The lowest BCUT2D eigenvalue weighted by atomic mass is 9.85. The van der Waals surface area contributed by atoms with Crippen molar-refractivity contribution in [1.82, 2.24) is 39.7 Å². The number of hydrogen-bond acceptors (Lipinski definition) is 10. The Morgan fingerprint density at radius 1 is 1.00 bits per heavy atom. The van der Waals surface area contributed by atoms with Crippen LogP contribution in [0.15, 0.2) is 49.1 Å². The van der Waals surface area contributed by atoms with Gasteiger partial charge in [0.15, 0.2) is 22.9 Å². The van der Waals surface area contributed by atoms with E-state index in [1.807, 2.05) is 35.2 Å². The van der Waals surface area contributed by atoms with Crippen molar-refractivity contribution in [3.05, 3.63) is 66.1 Å². The lowest BCUT2D eigenvalue weighted by Crippen LogP contribution is -2.46. The van der Waals surface area contributed by atoms with E-state index in [1.54, 1.807) is 12.4 Å². The van der Waals surface area contributed by atoms with Crippen LogP contribution in [-0.4, -0.2) is 70.2 Å². The Bertz CT molecular complexity index is 1890. The monoisotopic (exact) mass is 577 g/mol. The van der Waals surface area contributed by atoms with Gasteiger partial charge in [0.25, 0.3) is 5.91 Å². The van der Waals surface area contributed by atoms with Gasteiger partial charge in [-0.15, -0.1) is 0 Å². The summed E-state index contributed by atoms with van der Waals surface area (Å²) in [7, 11) is 0. The van der Waals surface area contributed by atoms with Crippen molar-refractivity contribution in [1.29, 1.82) is 0 Å². The van der Waals surface area contributed by atoms with Gasteiger partial charge in [0, 0.05) is 40.9 Å². The number of carbonyl (C=O) groups is 2. The Morgan fingerprint density at radius 2 is 1.79 bits per heavy atom. The summed E-state index contributed by atoms with van der Waals surface area (Å²) in [4.78, 5) is 41.8. The van der Waals surface area contributed by atoms with Gasteiger partial charge >= 0.3 is 0 Å². The van der Waals surface area contributed by atoms with Crippen LogP contribution in [0.5, 0.6) is 11.5 Å². The van der Waals surface area contributed by atoms with Crippen LogP contribution in [0.1, 0.15) is 65.2 Å². The minimum atomic E-state index is -0.166. The average molecular weight is 578 g/mol. The van der Waals surface area contributed by atoms with E-state index >= 15 is 0 Å². The van der Waals surface area contributed by atoms with Crippen LogP contribution in [0, 0.1) is 0 Å². The number of ketones is 1. The van der Waals surface area contributed by atoms with Crippen molar-refractivity contribution in [3.8, 4) is 33.9 Å². The van der Waals surface area contributed by atoms with Crippen molar-refractivity contribution in [3.63, 3.8) is 0 Å². The Morgan fingerprint density at radius 3 is 2.51 bits per heavy atom. The molecule has 8 rings (SSSR count). The molecule has 43 heavy (non-hydrogen) atoms. The number of anilines is 1. The number of nitrogens with zero attached hydrogens (tertiary/aromatic N) is 7. The highest BCUT2D eigenvalue weighted by Crippen LogP contribution is 2.45. The lowest BCUT2D eigenvalue weighted by molar-refractivity contribution is 0.0556.